The smallest absolute Gasteiger partial charge is 0.106 e. The first kappa shape index (κ1) is 14.8. The second-order valence-electron chi connectivity index (χ2n) is 4.37. The van der Waals surface area contributed by atoms with E-state index in [0.29, 0.717) is 16.6 Å². The summed E-state index contributed by atoms with van der Waals surface area (Å²) in [5.41, 5.74) is 9.58. The number of nitrogens with two attached hydrogens (primary N) is 1. The number of nitrogens with one attached hydrogen (secondary N) is 1. The maximum Gasteiger partial charge on any atom is 0.106 e. The van der Waals surface area contributed by atoms with Gasteiger partial charge >= 0.3 is 0 Å². The van der Waals surface area contributed by atoms with E-state index in [0.717, 1.165) is 23.4 Å². The Bertz CT molecular complexity index is 628. The van der Waals surface area contributed by atoms with Gasteiger partial charge in [-0.2, -0.15) is 0 Å². The Kier molecular flexibility index (Phi) is 4.93. The standard InChI is InChI=1S/C15H16ClN3S/c1-2-10-4-3-7-18-14(10)9-19-13-8-11(16)5-6-12(13)15(17)20/h3-8,19H,2,9H2,1H3,(H2,17,20). The maximum absolute atomic E-state index is 6.02. The van der Waals surface area contributed by atoms with Crippen molar-refractivity contribution in [3.8, 4) is 0 Å². The normalized spacial score (nSPS) is 10.3. The van der Waals surface area contributed by atoms with Gasteiger partial charge in [-0.05, 0) is 36.2 Å². The number of thiocarbonyl (C=S) groups is 1. The fraction of sp³-hybridized carbons (Fsp3) is 0.200. The number of nitrogens with zero attached hydrogens (tertiary/aromatic N) is 1. The largest absolute Gasteiger partial charge is 0.389 e. The highest BCUT2D eigenvalue weighted by Gasteiger charge is 2.07. The van der Waals surface area contributed by atoms with E-state index in [1.165, 1.54) is 5.56 Å². The molecule has 1 aromatic carbocycles. The summed E-state index contributed by atoms with van der Waals surface area (Å²) < 4.78 is 0. The predicted octanol–water partition coefficient (Wildman–Crippen LogP) is 3.54. The second-order valence-corrected chi connectivity index (χ2v) is 5.25. The van der Waals surface area contributed by atoms with Gasteiger partial charge in [0.25, 0.3) is 0 Å². The zero-order valence-electron chi connectivity index (χ0n) is 11.2. The van der Waals surface area contributed by atoms with E-state index in [9.17, 15) is 0 Å². The van der Waals surface area contributed by atoms with Gasteiger partial charge in [0, 0.05) is 22.5 Å². The van der Waals surface area contributed by atoms with Crippen molar-refractivity contribution in [3.05, 3.63) is 58.4 Å². The van der Waals surface area contributed by atoms with Crippen molar-refractivity contribution in [2.24, 2.45) is 5.73 Å². The monoisotopic (exact) mass is 305 g/mol. The molecule has 1 heterocycles. The minimum Gasteiger partial charge on any atom is -0.389 e. The summed E-state index contributed by atoms with van der Waals surface area (Å²) in [5.74, 6) is 0. The van der Waals surface area contributed by atoms with Gasteiger partial charge in [-0.15, -0.1) is 0 Å². The maximum atomic E-state index is 6.02. The number of halogens is 1. The van der Waals surface area contributed by atoms with E-state index in [2.05, 4.69) is 23.3 Å². The van der Waals surface area contributed by atoms with Crippen molar-refractivity contribution in [3.63, 3.8) is 0 Å². The molecule has 3 nitrogen and oxygen atoms in total. The number of benzene rings is 1. The molecule has 0 saturated carbocycles. The summed E-state index contributed by atoms with van der Waals surface area (Å²) >= 11 is 11.1. The van der Waals surface area contributed by atoms with Crippen LogP contribution in [0.2, 0.25) is 5.02 Å². The molecule has 0 unspecified atom stereocenters. The highest BCUT2D eigenvalue weighted by molar-refractivity contribution is 7.80. The van der Waals surface area contributed by atoms with Crippen LogP contribution in [0.5, 0.6) is 0 Å². The predicted molar refractivity (Wildman–Crippen MR) is 88.3 cm³/mol. The van der Waals surface area contributed by atoms with Crippen molar-refractivity contribution in [1.29, 1.82) is 0 Å². The lowest BCUT2D eigenvalue weighted by Gasteiger charge is -2.13. The van der Waals surface area contributed by atoms with Gasteiger partial charge in [0.05, 0.1) is 12.2 Å². The van der Waals surface area contributed by atoms with Gasteiger partial charge in [0.1, 0.15) is 4.99 Å². The summed E-state index contributed by atoms with van der Waals surface area (Å²) in [6.45, 7) is 2.72. The van der Waals surface area contributed by atoms with E-state index in [1.54, 1.807) is 12.3 Å². The van der Waals surface area contributed by atoms with Gasteiger partial charge in [-0.25, -0.2) is 0 Å². The van der Waals surface area contributed by atoms with E-state index < -0.39 is 0 Å². The van der Waals surface area contributed by atoms with Crippen LogP contribution in [0.3, 0.4) is 0 Å². The molecule has 20 heavy (non-hydrogen) atoms. The number of aromatic nitrogens is 1. The van der Waals surface area contributed by atoms with Crippen molar-refractivity contribution in [1.82, 2.24) is 4.98 Å². The highest BCUT2D eigenvalue weighted by Crippen LogP contribution is 2.22. The fourth-order valence-corrected chi connectivity index (χ4v) is 2.36. The van der Waals surface area contributed by atoms with Crippen LogP contribution in [0.4, 0.5) is 5.69 Å². The molecule has 0 aliphatic carbocycles. The Hall–Kier alpha value is -1.65. The molecule has 0 atom stereocenters. The van der Waals surface area contributed by atoms with Crippen molar-refractivity contribution < 1.29 is 0 Å². The van der Waals surface area contributed by atoms with E-state index in [4.69, 9.17) is 29.6 Å². The Balaban J connectivity index is 2.22. The third kappa shape index (κ3) is 3.46. The number of hydrogen-bond acceptors (Lipinski definition) is 3. The summed E-state index contributed by atoms with van der Waals surface area (Å²) in [4.78, 5) is 4.75. The molecule has 0 aliphatic rings. The van der Waals surface area contributed by atoms with Gasteiger partial charge in [0.15, 0.2) is 0 Å². The molecule has 5 heteroatoms. The van der Waals surface area contributed by atoms with Gasteiger partial charge in [-0.1, -0.05) is 36.8 Å². The molecule has 2 aromatic rings. The number of aryl methyl sites for hydroxylation is 1. The van der Waals surface area contributed by atoms with E-state index in [1.807, 2.05) is 18.2 Å². The third-order valence-corrected chi connectivity index (χ3v) is 3.51. The average Bonchev–Trinajstić information content (AvgIpc) is 2.45. The van der Waals surface area contributed by atoms with Gasteiger partial charge in [0.2, 0.25) is 0 Å². The van der Waals surface area contributed by atoms with E-state index in [-0.39, 0.29) is 0 Å². The molecule has 1 aromatic heterocycles. The molecule has 2 rings (SSSR count). The van der Waals surface area contributed by atoms with Crippen LogP contribution in [0.1, 0.15) is 23.7 Å². The first-order chi connectivity index (χ1) is 9.61. The molecule has 3 N–H and O–H groups in total. The van der Waals surface area contributed by atoms with Crippen LogP contribution < -0.4 is 11.1 Å². The Morgan fingerprint density at radius 2 is 2.20 bits per heavy atom. The SMILES string of the molecule is CCc1cccnc1CNc1cc(Cl)ccc1C(N)=S. The Labute approximate surface area is 129 Å². The van der Waals surface area contributed by atoms with Crippen molar-refractivity contribution in [2.45, 2.75) is 19.9 Å². The summed E-state index contributed by atoms with van der Waals surface area (Å²) in [6.07, 6.45) is 2.74. The summed E-state index contributed by atoms with van der Waals surface area (Å²) in [6, 6.07) is 9.45. The molecule has 0 spiro atoms. The molecular weight excluding hydrogens is 290 g/mol. The first-order valence-electron chi connectivity index (χ1n) is 6.37. The van der Waals surface area contributed by atoms with Crippen LogP contribution in [-0.4, -0.2) is 9.97 Å². The average molecular weight is 306 g/mol. The number of pyridine rings is 1. The zero-order valence-corrected chi connectivity index (χ0v) is 12.8. The molecule has 0 fully saturated rings. The summed E-state index contributed by atoms with van der Waals surface area (Å²) in [5, 5.41) is 3.95. The molecule has 0 bridgehead atoms. The molecule has 0 saturated heterocycles. The first-order valence-corrected chi connectivity index (χ1v) is 7.16. The van der Waals surface area contributed by atoms with E-state index >= 15 is 0 Å². The molecule has 0 aliphatic heterocycles. The van der Waals surface area contributed by atoms with Gasteiger partial charge < -0.3 is 11.1 Å². The highest BCUT2D eigenvalue weighted by atomic mass is 35.5. The zero-order chi connectivity index (χ0) is 14.5. The number of rotatable bonds is 5. The molecule has 104 valence electrons. The van der Waals surface area contributed by atoms with Crippen LogP contribution in [0, 0.1) is 0 Å². The Morgan fingerprint density at radius 1 is 1.40 bits per heavy atom. The summed E-state index contributed by atoms with van der Waals surface area (Å²) in [7, 11) is 0. The van der Waals surface area contributed by atoms with Crippen LogP contribution in [0.25, 0.3) is 0 Å². The fourth-order valence-electron chi connectivity index (χ4n) is 2.01. The topological polar surface area (TPSA) is 50.9 Å². The number of anilines is 1. The van der Waals surface area contributed by atoms with Crippen LogP contribution in [0.15, 0.2) is 36.5 Å². The minimum atomic E-state index is 0.348. The van der Waals surface area contributed by atoms with Crippen LogP contribution >= 0.6 is 23.8 Å². The lowest BCUT2D eigenvalue weighted by molar-refractivity contribution is 0.971. The van der Waals surface area contributed by atoms with Crippen molar-refractivity contribution >= 4 is 34.5 Å². The number of hydrogen-bond donors (Lipinski definition) is 2. The molecular formula is C15H16ClN3S. The third-order valence-electron chi connectivity index (χ3n) is 3.06. The second kappa shape index (κ2) is 6.68. The van der Waals surface area contributed by atoms with Crippen molar-refractivity contribution in [2.75, 3.05) is 5.32 Å². The minimum absolute atomic E-state index is 0.348. The molecule has 0 amide bonds. The lowest BCUT2D eigenvalue weighted by Crippen LogP contribution is -2.14. The Morgan fingerprint density at radius 3 is 2.90 bits per heavy atom. The lowest BCUT2D eigenvalue weighted by atomic mass is 10.1. The quantitative estimate of drug-likeness (QED) is 0.830. The van der Waals surface area contributed by atoms with Gasteiger partial charge in [-0.3, -0.25) is 4.98 Å². The molecule has 0 radical (unpaired) electrons. The van der Waals surface area contributed by atoms with Crippen LogP contribution in [-0.2, 0) is 13.0 Å².